The quantitative estimate of drug-likeness (QED) is 0.869. The third-order valence-corrected chi connectivity index (χ3v) is 4.14. The number of nitrogens with one attached hydrogen (secondary N) is 2. The molecule has 1 aromatic carbocycles. The summed E-state index contributed by atoms with van der Waals surface area (Å²) in [6.07, 6.45) is 6.52. The summed E-state index contributed by atoms with van der Waals surface area (Å²) in [7, 11) is 0. The van der Waals surface area contributed by atoms with Gasteiger partial charge in [-0.25, -0.2) is 0 Å². The van der Waals surface area contributed by atoms with Crippen molar-refractivity contribution >= 4 is 27.5 Å². The summed E-state index contributed by atoms with van der Waals surface area (Å²) in [5, 5.41) is 6.15. The van der Waals surface area contributed by atoms with Crippen LogP contribution in [0.25, 0.3) is 0 Å². The molecule has 0 radical (unpaired) electrons. The molecule has 1 aliphatic rings. The van der Waals surface area contributed by atoms with Gasteiger partial charge in [0.25, 0.3) is 0 Å². The lowest BCUT2D eigenvalue weighted by atomic mass is 9.89. The van der Waals surface area contributed by atoms with Crippen LogP contribution in [0.15, 0.2) is 28.7 Å². The Bertz CT molecular complexity index is 399. The zero-order valence-electron chi connectivity index (χ0n) is 11.1. The van der Waals surface area contributed by atoms with Crippen molar-refractivity contribution in [3.05, 3.63) is 28.7 Å². The summed E-state index contributed by atoms with van der Waals surface area (Å²) in [5.41, 5.74) is 0.969. The van der Waals surface area contributed by atoms with Crippen molar-refractivity contribution in [1.82, 2.24) is 5.32 Å². The van der Waals surface area contributed by atoms with E-state index in [0.717, 1.165) is 16.7 Å². The number of halogens is 1. The fourth-order valence-corrected chi connectivity index (χ4v) is 2.73. The summed E-state index contributed by atoms with van der Waals surface area (Å²) >= 11 is 3.39. The van der Waals surface area contributed by atoms with Gasteiger partial charge in [-0.3, -0.25) is 4.79 Å². The molecule has 4 heteroatoms. The van der Waals surface area contributed by atoms with Crippen LogP contribution in [0.5, 0.6) is 0 Å². The minimum absolute atomic E-state index is 0.0773. The van der Waals surface area contributed by atoms with Gasteiger partial charge < -0.3 is 10.6 Å². The van der Waals surface area contributed by atoms with Crippen molar-refractivity contribution in [2.24, 2.45) is 5.92 Å². The van der Waals surface area contributed by atoms with E-state index in [1.807, 2.05) is 24.3 Å². The highest BCUT2D eigenvalue weighted by atomic mass is 79.9. The lowest BCUT2D eigenvalue weighted by Gasteiger charge is -2.21. The SMILES string of the molecule is O=C(CNc1ccc(Br)cc1)NCC1CCCCC1. The molecule has 104 valence electrons. The van der Waals surface area contributed by atoms with E-state index in [1.54, 1.807) is 0 Å². The Balaban J connectivity index is 1.65. The van der Waals surface area contributed by atoms with Crippen molar-refractivity contribution in [3.8, 4) is 0 Å². The number of hydrogen-bond donors (Lipinski definition) is 2. The van der Waals surface area contributed by atoms with Gasteiger partial charge in [0.2, 0.25) is 5.91 Å². The molecule has 1 saturated carbocycles. The molecule has 0 atom stereocenters. The Morgan fingerprint density at radius 2 is 1.84 bits per heavy atom. The second kappa shape index (κ2) is 7.53. The minimum Gasteiger partial charge on any atom is -0.376 e. The number of carbonyl (C=O) groups excluding carboxylic acids is 1. The maximum Gasteiger partial charge on any atom is 0.239 e. The number of benzene rings is 1. The summed E-state index contributed by atoms with van der Waals surface area (Å²) in [4.78, 5) is 11.7. The van der Waals surface area contributed by atoms with Gasteiger partial charge in [0.1, 0.15) is 0 Å². The zero-order valence-corrected chi connectivity index (χ0v) is 12.7. The molecule has 1 aliphatic carbocycles. The first-order valence-corrected chi connectivity index (χ1v) is 7.79. The first-order chi connectivity index (χ1) is 9.24. The first-order valence-electron chi connectivity index (χ1n) is 7.00. The molecule has 2 N–H and O–H groups in total. The Morgan fingerprint density at radius 3 is 2.53 bits per heavy atom. The summed E-state index contributed by atoms with van der Waals surface area (Å²) in [6.45, 7) is 1.18. The molecule has 0 aromatic heterocycles. The number of anilines is 1. The van der Waals surface area contributed by atoms with Gasteiger partial charge in [0, 0.05) is 16.7 Å². The van der Waals surface area contributed by atoms with Crippen molar-refractivity contribution in [3.63, 3.8) is 0 Å². The van der Waals surface area contributed by atoms with Crippen LogP contribution < -0.4 is 10.6 Å². The number of amides is 1. The molecule has 1 amide bonds. The molecule has 0 unspecified atom stereocenters. The molecular weight excluding hydrogens is 304 g/mol. The Morgan fingerprint density at radius 1 is 1.16 bits per heavy atom. The van der Waals surface area contributed by atoms with Gasteiger partial charge in [-0.05, 0) is 43.0 Å². The van der Waals surface area contributed by atoms with Crippen LogP contribution in [-0.4, -0.2) is 19.0 Å². The monoisotopic (exact) mass is 324 g/mol. The zero-order chi connectivity index (χ0) is 13.5. The maximum absolute atomic E-state index is 11.7. The van der Waals surface area contributed by atoms with Crippen LogP contribution in [0.2, 0.25) is 0 Å². The molecule has 0 saturated heterocycles. The molecular formula is C15H21BrN2O. The Labute approximate surface area is 123 Å². The highest BCUT2D eigenvalue weighted by Crippen LogP contribution is 2.22. The average Bonchev–Trinajstić information content (AvgIpc) is 2.45. The van der Waals surface area contributed by atoms with Gasteiger partial charge >= 0.3 is 0 Å². The third kappa shape index (κ3) is 5.23. The molecule has 0 spiro atoms. The summed E-state index contributed by atoms with van der Waals surface area (Å²) in [5.74, 6) is 0.763. The second-order valence-electron chi connectivity index (χ2n) is 5.17. The van der Waals surface area contributed by atoms with Crippen molar-refractivity contribution in [2.45, 2.75) is 32.1 Å². The van der Waals surface area contributed by atoms with E-state index >= 15 is 0 Å². The fourth-order valence-electron chi connectivity index (χ4n) is 2.46. The number of hydrogen-bond acceptors (Lipinski definition) is 2. The molecule has 1 aromatic rings. The highest BCUT2D eigenvalue weighted by Gasteiger charge is 2.13. The Hall–Kier alpha value is -1.03. The van der Waals surface area contributed by atoms with Crippen LogP contribution in [0.1, 0.15) is 32.1 Å². The van der Waals surface area contributed by atoms with E-state index in [2.05, 4.69) is 26.6 Å². The maximum atomic E-state index is 11.7. The molecule has 19 heavy (non-hydrogen) atoms. The lowest BCUT2D eigenvalue weighted by Crippen LogP contribution is -2.34. The van der Waals surface area contributed by atoms with Gasteiger partial charge in [-0.2, -0.15) is 0 Å². The summed E-state index contributed by atoms with van der Waals surface area (Å²) in [6, 6.07) is 7.83. The third-order valence-electron chi connectivity index (χ3n) is 3.61. The van der Waals surface area contributed by atoms with Gasteiger partial charge in [0.05, 0.1) is 6.54 Å². The van der Waals surface area contributed by atoms with E-state index in [-0.39, 0.29) is 5.91 Å². The van der Waals surface area contributed by atoms with E-state index in [0.29, 0.717) is 12.5 Å². The minimum atomic E-state index is 0.0773. The van der Waals surface area contributed by atoms with Crippen molar-refractivity contribution < 1.29 is 4.79 Å². The predicted molar refractivity (Wildman–Crippen MR) is 82.2 cm³/mol. The molecule has 2 rings (SSSR count). The van der Waals surface area contributed by atoms with E-state index in [1.165, 1.54) is 32.1 Å². The smallest absolute Gasteiger partial charge is 0.239 e. The molecule has 0 heterocycles. The first kappa shape index (κ1) is 14.4. The number of rotatable bonds is 5. The number of carbonyl (C=O) groups is 1. The highest BCUT2D eigenvalue weighted by molar-refractivity contribution is 9.10. The van der Waals surface area contributed by atoms with Crippen LogP contribution >= 0.6 is 15.9 Å². The topological polar surface area (TPSA) is 41.1 Å². The Kier molecular flexibility index (Phi) is 5.70. The summed E-state index contributed by atoms with van der Waals surface area (Å²) < 4.78 is 1.04. The average molecular weight is 325 g/mol. The lowest BCUT2D eigenvalue weighted by molar-refractivity contribution is -0.119. The van der Waals surface area contributed by atoms with Crippen molar-refractivity contribution in [2.75, 3.05) is 18.4 Å². The molecule has 0 bridgehead atoms. The van der Waals surface area contributed by atoms with Crippen LogP contribution in [0.4, 0.5) is 5.69 Å². The van der Waals surface area contributed by atoms with Crippen LogP contribution in [-0.2, 0) is 4.79 Å². The standard InChI is InChI=1S/C15H21BrN2O/c16-13-6-8-14(9-7-13)17-11-15(19)18-10-12-4-2-1-3-5-12/h6-9,12,17H,1-5,10-11H2,(H,18,19). The van der Waals surface area contributed by atoms with E-state index in [4.69, 9.17) is 0 Å². The van der Waals surface area contributed by atoms with E-state index < -0.39 is 0 Å². The van der Waals surface area contributed by atoms with Gasteiger partial charge in [-0.1, -0.05) is 35.2 Å². The molecule has 0 aliphatic heterocycles. The van der Waals surface area contributed by atoms with Gasteiger partial charge in [-0.15, -0.1) is 0 Å². The normalized spacial score (nSPS) is 16.1. The van der Waals surface area contributed by atoms with E-state index in [9.17, 15) is 4.79 Å². The largest absolute Gasteiger partial charge is 0.376 e. The van der Waals surface area contributed by atoms with Crippen molar-refractivity contribution in [1.29, 1.82) is 0 Å². The van der Waals surface area contributed by atoms with Gasteiger partial charge in [0.15, 0.2) is 0 Å². The van der Waals surface area contributed by atoms with Crippen LogP contribution in [0.3, 0.4) is 0 Å². The van der Waals surface area contributed by atoms with Crippen LogP contribution in [0, 0.1) is 5.92 Å². The molecule has 1 fully saturated rings. The second-order valence-corrected chi connectivity index (χ2v) is 6.08. The predicted octanol–water partition coefficient (Wildman–Crippen LogP) is 3.56. The fraction of sp³-hybridized carbons (Fsp3) is 0.533. The molecule has 3 nitrogen and oxygen atoms in total.